The Morgan fingerprint density at radius 1 is 1.24 bits per heavy atom. The van der Waals surface area contributed by atoms with Crippen LogP contribution in [0.5, 0.6) is 0 Å². The summed E-state index contributed by atoms with van der Waals surface area (Å²) >= 11 is 1.40. The van der Waals surface area contributed by atoms with Gasteiger partial charge in [0.2, 0.25) is 0 Å². The van der Waals surface area contributed by atoms with E-state index in [2.05, 4.69) is 5.32 Å². The molecule has 0 bridgehead atoms. The first-order valence-electron chi connectivity index (χ1n) is 10.1. The fourth-order valence-electron chi connectivity index (χ4n) is 4.15. The Morgan fingerprint density at radius 3 is 2.48 bits per heavy atom. The number of anilines is 1. The molecule has 1 aliphatic heterocycles. The molecule has 6 nitrogen and oxygen atoms in total. The van der Waals surface area contributed by atoms with Gasteiger partial charge in [-0.2, -0.15) is 0 Å². The number of primary amides is 1. The summed E-state index contributed by atoms with van der Waals surface area (Å²) in [5, 5.41) is 14.3. The molecule has 7 heteroatoms. The molecule has 0 spiro atoms. The van der Waals surface area contributed by atoms with E-state index in [1.165, 1.54) is 11.3 Å². The first-order valence-corrected chi connectivity index (χ1v) is 10.9. The number of rotatable bonds is 7. The van der Waals surface area contributed by atoms with Crippen molar-refractivity contribution in [3.63, 3.8) is 0 Å². The zero-order chi connectivity index (χ0) is 21.0. The number of hydrogen-bond acceptors (Lipinski definition) is 4. The number of nitrogens with one attached hydrogen (secondary N) is 2. The van der Waals surface area contributed by atoms with Crippen LogP contribution in [-0.4, -0.2) is 42.2 Å². The summed E-state index contributed by atoms with van der Waals surface area (Å²) in [6.07, 6.45) is 2.67. The number of amides is 2. The zero-order valence-corrected chi connectivity index (χ0v) is 17.9. The maximum Gasteiger partial charge on any atom is 0.280 e. The largest absolute Gasteiger partial charge is 0.389 e. The average Bonchev–Trinajstić information content (AvgIpc) is 2.99. The molecule has 1 aromatic heterocycles. The van der Waals surface area contributed by atoms with Crippen LogP contribution in [0.15, 0.2) is 30.3 Å². The molecule has 1 fully saturated rings. The highest BCUT2D eigenvalue weighted by Gasteiger charge is 2.35. The van der Waals surface area contributed by atoms with Crippen LogP contribution >= 0.6 is 11.3 Å². The van der Waals surface area contributed by atoms with Crippen molar-refractivity contribution in [2.24, 2.45) is 5.73 Å². The van der Waals surface area contributed by atoms with Crippen LogP contribution in [0.25, 0.3) is 0 Å². The maximum absolute atomic E-state index is 12.6. The summed E-state index contributed by atoms with van der Waals surface area (Å²) in [4.78, 5) is 26.6. The van der Waals surface area contributed by atoms with Crippen LogP contribution in [-0.2, 0) is 17.6 Å². The van der Waals surface area contributed by atoms with E-state index in [1.807, 2.05) is 44.2 Å². The monoisotopic (exact) mass is 416 g/mol. The number of quaternary nitrogens is 1. The van der Waals surface area contributed by atoms with Crippen molar-refractivity contribution in [1.82, 2.24) is 0 Å². The lowest BCUT2D eigenvalue weighted by Gasteiger charge is -2.35. The molecule has 0 saturated carbocycles. The molecule has 2 heterocycles. The topological polar surface area (TPSA) is 96.9 Å². The van der Waals surface area contributed by atoms with Gasteiger partial charge in [0.1, 0.15) is 5.00 Å². The third kappa shape index (κ3) is 5.23. The maximum atomic E-state index is 12.6. The number of hydrogen-bond donors (Lipinski definition) is 4. The fraction of sp³-hybridized carbons (Fsp3) is 0.455. The van der Waals surface area contributed by atoms with Crippen LogP contribution in [0.1, 0.15) is 46.1 Å². The van der Waals surface area contributed by atoms with Gasteiger partial charge in [-0.1, -0.05) is 37.3 Å². The normalized spacial score (nSPS) is 21.7. The number of benzene rings is 1. The summed E-state index contributed by atoms with van der Waals surface area (Å²) in [6, 6.07) is 10.0. The Labute approximate surface area is 175 Å². The van der Waals surface area contributed by atoms with Crippen molar-refractivity contribution in [3.8, 4) is 0 Å². The van der Waals surface area contributed by atoms with Gasteiger partial charge in [0.05, 0.1) is 24.3 Å². The molecule has 29 heavy (non-hydrogen) atoms. The van der Waals surface area contributed by atoms with Gasteiger partial charge in [0.15, 0.2) is 6.54 Å². The molecule has 0 unspecified atom stereocenters. The molecular weight excluding hydrogens is 386 g/mol. The number of carbonyl (C=O) groups is 2. The summed E-state index contributed by atoms with van der Waals surface area (Å²) < 4.78 is 0. The number of piperidine rings is 1. The van der Waals surface area contributed by atoms with E-state index in [0.717, 1.165) is 34.0 Å². The molecule has 156 valence electrons. The van der Waals surface area contributed by atoms with Crippen molar-refractivity contribution in [2.75, 3.05) is 25.0 Å². The fourth-order valence-corrected chi connectivity index (χ4v) is 5.32. The predicted octanol–water partition coefficient (Wildman–Crippen LogP) is 1.31. The second-order valence-corrected chi connectivity index (χ2v) is 9.15. The summed E-state index contributed by atoms with van der Waals surface area (Å²) in [7, 11) is 0. The Morgan fingerprint density at radius 2 is 1.90 bits per heavy atom. The SMILES string of the molecule is CCc1c(C)sc(NC(=O)C[NH+]2CCC(O)(Cc3ccccc3)CC2)c1C(N)=O. The van der Waals surface area contributed by atoms with Crippen molar-refractivity contribution >= 4 is 28.2 Å². The Kier molecular flexibility index (Phi) is 6.72. The van der Waals surface area contributed by atoms with Crippen molar-refractivity contribution < 1.29 is 19.6 Å². The third-order valence-electron chi connectivity index (χ3n) is 5.74. The van der Waals surface area contributed by atoms with Crippen LogP contribution in [0, 0.1) is 6.92 Å². The van der Waals surface area contributed by atoms with E-state index in [0.29, 0.717) is 42.8 Å². The first-order chi connectivity index (χ1) is 13.8. The van der Waals surface area contributed by atoms with Gasteiger partial charge < -0.3 is 21.1 Å². The van der Waals surface area contributed by atoms with E-state index in [4.69, 9.17) is 5.73 Å². The molecule has 2 aromatic rings. The quantitative estimate of drug-likeness (QED) is 0.548. The molecular formula is C22H30N3O3S+. The second-order valence-electron chi connectivity index (χ2n) is 7.92. The van der Waals surface area contributed by atoms with Crippen molar-refractivity contribution in [1.29, 1.82) is 0 Å². The van der Waals surface area contributed by atoms with E-state index >= 15 is 0 Å². The molecule has 5 N–H and O–H groups in total. The number of nitrogens with two attached hydrogens (primary N) is 1. The first kappa shape index (κ1) is 21.5. The zero-order valence-electron chi connectivity index (χ0n) is 17.1. The number of thiophene rings is 1. The van der Waals surface area contributed by atoms with E-state index in [9.17, 15) is 14.7 Å². The van der Waals surface area contributed by atoms with Gasteiger partial charge in [0, 0.05) is 24.1 Å². The molecule has 2 amide bonds. The molecule has 1 saturated heterocycles. The molecule has 0 aliphatic carbocycles. The van der Waals surface area contributed by atoms with Crippen LogP contribution < -0.4 is 16.0 Å². The Balaban J connectivity index is 1.56. The Hall–Kier alpha value is -2.22. The molecule has 0 radical (unpaired) electrons. The molecule has 3 rings (SSSR count). The van der Waals surface area contributed by atoms with Gasteiger partial charge in [0.25, 0.3) is 11.8 Å². The van der Waals surface area contributed by atoms with E-state index in [-0.39, 0.29) is 5.91 Å². The number of aliphatic hydroxyl groups is 1. The van der Waals surface area contributed by atoms with Gasteiger partial charge in [-0.15, -0.1) is 11.3 Å². The molecule has 1 aromatic carbocycles. The molecule has 1 aliphatic rings. The highest BCUT2D eigenvalue weighted by atomic mass is 32.1. The van der Waals surface area contributed by atoms with Crippen LogP contribution in [0.2, 0.25) is 0 Å². The van der Waals surface area contributed by atoms with Crippen LogP contribution in [0.4, 0.5) is 5.00 Å². The van der Waals surface area contributed by atoms with Crippen molar-refractivity contribution in [3.05, 3.63) is 51.9 Å². The molecule has 0 atom stereocenters. The number of carbonyl (C=O) groups excluding carboxylic acids is 2. The lowest BCUT2D eigenvalue weighted by Crippen LogP contribution is -3.14. The minimum Gasteiger partial charge on any atom is -0.389 e. The highest BCUT2D eigenvalue weighted by Crippen LogP contribution is 2.33. The summed E-state index contributed by atoms with van der Waals surface area (Å²) in [6.45, 7) is 5.71. The number of likely N-dealkylation sites (tertiary alicyclic amines) is 1. The third-order valence-corrected chi connectivity index (χ3v) is 6.80. The van der Waals surface area contributed by atoms with Gasteiger partial charge in [-0.05, 0) is 24.5 Å². The van der Waals surface area contributed by atoms with Crippen LogP contribution in [0.3, 0.4) is 0 Å². The van der Waals surface area contributed by atoms with Crippen molar-refractivity contribution in [2.45, 2.75) is 45.1 Å². The van der Waals surface area contributed by atoms with Gasteiger partial charge in [-0.25, -0.2) is 0 Å². The second kappa shape index (κ2) is 9.07. The predicted molar refractivity (Wildman–Crippen MR) is 115 cm³/mol. The minimum absolute atomic E-state index is 0.125. The standard InChI is InChI=1S/C22H29N3O3S/c1-3-17-15(2)29-21(19(17)20(23)27)24-18(26)14-25-11-9-22(28,10-12-25)13-16-7-5-4-6-8-16/h4-8,28H,3,9-14H2,1-2H3,(H2,23,27)(H,24,26)/p+1. The van der Waals surface area contributed by atoms with E-state index in [1.54, 1.807) is 0 Å². The number of aryl methyl sites for hydroxylation is 1. The smallest absolute Gasteiger partial charge is 0.280 e. The van der Waals surface area contributed by atoms with Gasteiger partial charge in [-0.3, -0.25) is 9.59 Å². The minimum atomic E-state index is -0.707. The van der Waals surface area contributed by atoms with Gasteiger partial charge >= 0.3 is 0 Å². The average molecular weight is 417 g/mol. The lowest BCUT2D eigenvalue weighted by molar-refractivity contribution is -0.899. The Bertz CT molecular complexity index is 871. The highest BCUT2D eigenvalue weighted by molar-refractivity contribution is 7.16. The summed E-state index contributed by atoms with van der Waals surface area (Å²) in [5.41, 5.74) is 7.32. The lowest BCUT2D eigenvalue weighted by atomic mass is 9.85. The summed E-state index contributed by atoms with van der Waals surface area (Å²) in [5.74, 6) is -0.627. The van der Waals surface area contributed by atoms with E-state index < -0.39 is 11.5 Å².